The smallest absolute Gasteiger partial charge is 0.265 e. The summed E-state index contributed by atoms with van der Waals surface area (Å²) < 4.78 is 6.72. The van der Waals surface area contributed by atoms with Gasteiger partial charge in [0.2, 0.25) is 5.71 Å². The number of rotatable bonds is 2. The Kier molecular flexibility index (Phi) is 3.25. The number of anilines is 1. The van der Waals surface area contributed by atoms with E-state index in [9.17, 15) is 9.59 Å². The minimum atomic E-state index is -0.445. The lowest BCUT2D eigenvalue weighted by Gasteiger charge is -2.04. The zero-order valence-electron chi connectivity index (χ0n) is 12.4. The number of fused-ring (bicyclic) bond motifs is 1. The van der Waals surface area contributed by atoms with Crippen molar-refractivity contribution in [3.8, 4) is 0 Å². The lowest BCUT2D eigenvalue weighted by atomic mass is 10.2. The van der Waals surface area contributed by atoms with Crippen LogP contribution in [-0.4, -0.2) is 20.4 Å². The molecular formula is C15H14N4O3. The average Bonchev–Trinajstić information content (AvgIpc) is 2.80. The molecule has 3 rings (SSSR count). The van der Waals surface area contributed by atoms with Crippen LogP contribution in [0.3, 0.4) is 0 Å². The second-order valence-electron chi connectivity index (χ2n) is 4.99. The van der Waals surface area contributed by atoms with Crippen LogP contribution in [0.1, 0.15) is 21.8 Å². The summed E-state index contributed by atoms with van der Waals surface area (Å²) in [4.78, 5) is 33.0. The van der Waals surface area contributed by atoms with Gasteiger partial charge in [-0.25, -0.2) is 9.97 Å². The first kappa shape index (κ1) is 14.0. The Labute approximate surface area is 125 Å². The maximum Gasteiger partial charge on any atom is 0.265 e. The van der Waals surface area contributed by atoms with Gasteiger partial charge in [0.1, 0.15) is 23.3 Å². The van der Waals surface area contributed by atoms with E-state index in [0.717, 1.165) is 5.69 Å². The number of pyridine rings is 1. The molecule has 0 aliphatic rings. The fourth-order valence-electron chi connectivity index (χ4n) is 2.25. The van der Waals surface area contributed by atoms with E-state index in [1.54, 1.807) is 26.1 Å². The van der Waals surface area contributed by atoms with Gasteiger partial charge in [0.15, 0.2) is 0 Å². The summed E-state index contributed by atoms with van der Waals surface area (Å²) >= 11 is 0. The van der Waals surface area contributed by atoms with Crippen molar-refractivity contribution in [2.24, 2.45) is 7.05 Å². The highest BCUT2D eigenvalue weighted by Crippen LogP contribution is 2.21. The van der Waals surface area contributed by atoms with E-state index in [0.29, 0.717) is 11.6 Å². The maximum absolute atomic E-state index is 12.5. The molecule has 0 fully saturated rings. The fraction of sp³-hybridized carbons (Fsp3) is 0.200. The molecule has 1 amide bonds. The summed E-state index contributed by atoms with van der Waals surface area (Å²) in [7, 11) is 1.57. The molecule has 0 saturated heterocycles. The zero-order valence-corrected chi connectivity index (χ0v) is 12.4. The molecule has 0 aliphatic heterocycles. The van der Waals surface area contributed by atoms with Gasteiger partial charge in [-0.1, -0.05) is 6.07 Å². The van der Waals surface area contributed by atoms with Gasteiger partial charge in [-0.2, -0.15) is 0 Å². The number of amides is 1. The highest BCUT2D eigenvalue weighted by Gasteiger charge is 2.22. The SMILES string of the molecule is Cc1cccc(NC(=O)c2c(C)oc3ncn(C)c(=O)c23)n1. The van der Waals surface area contributed by atoms with E-state index < -0.39 is 5.91 Å². The molecule has 3 heterocycles. The Hall–Kier alpha value is -2.96. The zero-order chi connectivity index (χ0) is 15.9. The third-order valence-electron chi connectivity index (χ3n) is 3.31. The lowest BCUT2D eigenvalue weighted by molar-refractivity contribution is 0.102. The first-order valence-corrected chi connectivity index (χ1v) is 6.67. The van der Waals surface area contributed by atoms with E-state index in [1.807, 2.05) is 13.0 Å². The van der Waals surface area contributed by atoms with Crippen molar-refractivity contribution in [3.05, 3.63) is 51.9 Å². The summed E-state index contributed by atoms with van der Waals surface area (Å²) in [6, 6.07) is 5.30. The van der Waals surface area contributed by atoms with Crippen LogP contribution in [0.25, 0.3) is 11.1 Å². The predicted octanol–water partition coefficient (Wildman–Crippen LogP) is 1.79. The van der Waals surface area contributed by atoms with Crippen LogP contribution in [0.15, 0.2) is 33.7 Å². The van der Waals surface area contributed by atoms with Crippen molar-refractivity contribution >= 4 is 22.8 Å². The molecular weight excluding hydrogens is 284 g/mol. The summed E-state index contributed by atoms with van der Waals surface area (Å²) in [6.07, 6.45) is 1.36. The van der Waals surface area contributed by atoms with Crippen molar-refractivity contribution < 1.29 is 9.21 Å². The van der Waals surface area contributed by atoms with Crippen LogP contribution in [-0.2, 0) is 7.05 Å². The number of carbonyl (C=O) groups is 1. The van der Waals surface area contributed by atoms with Crippen molar-refractivity contribution in [3.63, 3.8) is 0 Å². The van der Waals surface area contributed by atoms with Gasteiger partial charge in [0, 0.05) is 12.7 Å². The lowest BCUT2D eigenvalue weighted by Crippen LogP contribution is -2.21. The molecule has 7 nitrogen and oxygen atoms in total. The summed E-state index contributed by atoms with van der Waals surface area (Å²) in [5, 5.41) is 2.85. The highest BCUT2D eigenvalue weighted by atomic mass is 16.3. The van der Waals surface area contributed by atoms with E-state index in [-0.39, 0.29) is 22.2 Å². The van der Waals surface area contributed by atoms with Crippen LogP contribution in [0.2, 0.25) is 0 Å². The Bertz CT molecular complexity index is 940. The molecule has 0 saturated carbocycles. The van der Waals surface area contributed by atoms with Crippen LogP contribution < -0.4 is 10.9 Å². The number of nitrogens with one attached hydrogen (secondary N) is 1. The first-order chi connectivity index (χ1) is 10.5. The van der Waals surface area contributed by atoms with Crippen LogP contribution >= 0.6 is 0 Å². The third-order valence-corrected chi connectivity index (χ3v) is 3.31. The number of furan rings is 1. The van der Waals surface area contributed by atoms with Crippen LogP contribution in [0.5, 0.6) is 0 Å². The van der Waals surface area contributed by atoms with Crippen molar-refractivity contribution in [2.45, 2.75) is 13.8 Å². The Morgan fingerprint density at radius 1 is 1.32 bits per heavy atom. The Balaban J connectivity index is 2.10. The number of nitrogens with zero attached hydrogens (tertiary/aromatic N) is 3. The second kappa shape index (κ2) is 5.10. The molecule has 3 aromatic heterocycles. The topological polar surface area (TPSA) is 90.0 Å². The molecule has 0 spiro atoms. The van der Waals surface area contributed by atoms with E-state index in [2.05, 4.69) is 15.3 Å². The predicted molar refractivity (Wildman–Crippen MR) is 80.9 cm³/mol. The van der Waals surface area contributed by atoms with Gasteiger partial charge < -0.3 is 14.3 Å². The van der Waals surface area contributed by atoms with Gasteiger partial charge in [-0.05, 0) is 26.0 Å². The fourth-order valence-corrected chi connectivity index (χ4v) is 2.25. The van der Waals surface area contributed by atoms with Crippen molar-refractivity contribution in [1.29, 1.82) is 0 Å². The first-order valence-electron chi connectivity index (χ1n) is 6.67. The van der Waals surface area contributed by atoms with Crippen LogP contribution in [0, 0.1) is 13.8 Å². The number of carbonyl (C=O) groups excluding carboxylic acids is 1. The minimum Gasteiger partial charge on any atom is -0.442 e. The van der Waals surface area contributed by atoms with Gasteiger partial charge in [-0.15, -0.1) is 0 Å². The number of aromatic nitrogens is 3. The van der Waals surface area contributed by atoms with Gasteiger partial charge in [0.05, 0.1) is 5.56 Å². The maximum atomic E-state index is 12.5. The molecule has 0 aliphatic carbocycles. The largest absolute Gasteiger partial charge is 0.442 e. The monoisotopic (exact) mass is 298 g/mol. The molecule has 22 heavy (non-hydrogen) atoms. The molecule has 0 unspecified atom stereocenters. The molecule has 0 aromatic carbocycles. The third kappa shape index (κ3) is 2.26. The molecule has 0 bridgehead atoms. The average molecular weight is 298 g/mol. The number of aryl methyl sites for hydroxylation is 3. The molecule has 0 atom stereocenters. The summed E-state index contributed by atoms with van der Waals surface area (Å²) in [5.41, 5.74) is 0.795. The van der Waals surface area contributed by atoms with Crippen molar-refractivity contribution in [2.75, 3.05) is 5.32 Å². The van der Waals surface area contributed by atoms with E-state index in [4.69, 9.17) is 4.42 Å². The standard InChI is InChI=1S/C15H14N4O3/c1-8-5-4-6-10(17-8)18-13(20)11-9(2)22-14-12(11)15(21)19(3)7-16-14/h4-7H,1-3H3,(H,17,18,20). The van der Waals surface area contributed by atoms with E-state index in [1.165, 1.54) is 10.9 Å². The summed E-state index contributed by atoms with van der Waals surface area (Å²) in [5.74, 6) is 0.315. The molecule has 0 radical (unpaired) electrons. The van der Waals surface area contributed by atoms with Gasteiger partial charge in [0.25, 0.3) is 11.5 Å². The normalized spacial score (nSPS) is 10.9. The minimum absolute atomic E-state index is 0.156. The van der Waals surface area contributed by atoms with Gasteiger partial charge >= 0.3 is 0 Å². The molecule has 1 N–H and O–H groups in total. The van der Waals surface area contributed by atoms with Crippen molar-refractivity contribution in [1.82, 2.24) is 14.5 Å². The highest BCUT2D eigenvalue weighted by molar-refractivity contribution is 6.12. The molecule has 3 aromatic rings. The molecule has 7 heteroatoms. The van der Waals surface area contributed by atoms with Gasteiger partial charge in [-0.3, -0.25) is 9.59 Å². The number of hydrogen-bond acceptors (Lipinski definition) is 5. The molecule has 112 valence electrons. The summed E-state index contributed by atoms with van der Waals surface area (Å²) in [6.45, 7) is 3.45. The second-order valence-corrected chi connectivity index (χ2v) is 4.99. The Morgan fingerprint density at radius 2 is 2.09 bits per heavy atom. The van der Waals surface area contributed by atoms with E-state index >= 15 is 0 Å². The van der Waals surface area contributed by atoms with Crippen LogP contribution in [0.4, 0.5) is 5.82 Å². The number of hydrogen-bond donors (Lipinski definition) is 1. The quantitative estimate of drug-likeness (QED) is 0.779. The Morgan fingerprint density at radius 3 is 2.82 bits per heavy atom.